The second-order valence-electron chi connectivity index (χ2n) is 1.40. The van der Waals surface area contributed by atoms with Crippen molar-refractivity contribution >= 4 is 22.6 Å². The van der Waals surface area contributed by atoms with Crippen LogP contribution in [0.1, 0.15) is 0 Å². The monoisotopic (exact) mass is 235 g/mol. The fourth-order valence-corrected chi connectivity index (χ4v) is 0.804. The molecule has 1 N–H and O–H groups in total. The van der Waals surface area contributed by atoms with Gasteiger partial charge in [0, 0.05) is 12.7 Å². The second-order valence-corrected chi connectivity index (χ2v) is 2.12. The van der Waals surface area contributed by atoms with Crippen molar-refractivity contribution in [1.82, 2.24) is 5.32 Å². The van der Waals surface area contributed by atoms with Gasteiger partial charge < -0.3 is 5.32 Å². The second kappa shape index (κ2) is 5.88. The van der Waals surface area contributed by atoms with Crippen LogP contribution in [0.15, 0.2) is 34.6 Å². The standard InChI is InChI=1S/C7H10IN/c1-3-4-7(9-2)5-6-8/h3-6,9H,1H2,2H3/b6-5-,7-4+. The van der Waals surface area contributed by atoms with Gasteiger partial charge in [-0.3, -0.25) is 0 Å². The summed E-state index contributed by atoms with van der Waals surface area (Å²) in [7, 11) is 1.88. The van der Waals surface area contributed by atoms with Gasteiger partial charge in [0.2, 0.25) is 0 Å². The zero-order valence-corrected chi connectivity index (χ0v) is 7.55. The summed E-state index contributed by atoms with van der Waals surface area (Å²) in [4.78, 5) is 0. The molecule has 0 saturated heterocycles. The van der Waals surface area contributed by atoms with Gasteiger partial charge in [-0.2, -0.15) is 0 Å². The highest BCUT2D eigenvalue weighted by atomic mass is 127. The Morgan fingerprint density at radius 2 is 2.33 bits per heavy atom. The summed E-state index contributed by atoms with van der Waals surface area (Å²) in [6, 6.07) is 0. The van der Waals surface area contributed by atoms with E-state index in [1.807, 2.05) is 23.3 Å². The molecule has 0 aliphatic heterocycles. The van der Waals surface area contributed by atoms with Crippen molar-refractivity contribution in [2.75, 3.05) is 7.05 Å². The zero-order chi connectivity index (χ0) is 7.11. The normalized spacial score (nSPS) is 12.0. The quantitative estimate of drug-likeness (QED) is 0.584. The van der Waals surface area contributed by atoms with Crippen LogP contribution < -0.4 is 5.32 Å². The number of allylic oxidation sites excluding steroid dienone is 3. The van der Waals surface area contributed by atoms with Gasteiger partial charge in [-0.15, -0.1) is 0 Å². The number of hydrogen-bond donors (Lipinski definition) is 1. The summed E-state index contributed by atoms with van der Waals surface area (Å²) in [6.07, 6.45) is 5.64. The average Bonchev–Trinajstić information content (AvgIpc) is 1.88. The van der Waals surface area contributed by atoms with E-state index in [-0.39, 0.29) is 0 Å². The Morgan fingerprint density at radius 1 is 1.67 bits per heavy atom. The molecular formula is C7H10IN. The predicted octanol–water partition coefficient (Wildman–Crippen LogP) is 2.22. The lowest BCUT2D eigenvalue weighted by Crippen LogP contribution is -2.01. The third kappa shape index (κ3) is 4.27. The van der Waals surface area contributed by atoms with E-state index >= 15 is 0 Å². The largest absolute Gasteiger partial charge is 0.388 e. The van der Waals surface area contributed by atoms with Crippen molar-refractivity contribution in [1.29, 1.82) is 0 Å². The lowest BCUT2D eigenvalue weighted by molar-refractivity contribution is 1.03. The Hall–Kier alpha value is -0.250. The van der Waals surface area contributed by atoms with E-state index in [1.165, 1.54) is 0 Å². The van der Waals surface area contributed by atoms with Crippen molar-refractivity contribution in [3.8, 4) is 0 Å². The number of likely N-dealkylation sites (N-methyl/N-ethyl adjacent to an activating group) is 1. The number of nitrogens with one attached hydrogen (secondary N) is 1. The molecule has 9 heavy (non-hydrogen) atoms. The molecule has 0 aromatic rings. The van der Waals surface area contributed by atoms with Crippen LogP contribution in [-0.4, -0.2) is 7.05 Å². The maximum atomic E-state index is 3.58. The van der Waals surface area contributed by atoms with Gasteiger partial charge in [-0.05, 0) is 16.2 Å². The van der Waals surface area contributed by atoms with E-state index in [4.69, 9.17) is 0 Å². The van der Waals surface area contributed by atoms with Gasteiger partial charge in [0.15, 0.2) is 0 Å². The summed E-state index contributed by atoms with van der Waals surface area (Å²) in [5.74, 6) is 0. The van der Waals surface area contributed by atoms with Crippen molar-refractivity contribution in [2.45, 2.75) is 0 Å². The zero-order valence-electron chi connectivity index (χ0n) is 5.39. The van der Waals surface area contributed by atoms with Crippen molar-refractivity contribution in [3.63, 3.8) is 0 Å². The Labute approximate surface area is 69.7 Å². The van der Waals surface area contributed by atoms with Crippen LogP contribution in [-0.2, 0) is 0 Å². The van der Waals surface area contributed by atoms with Crippen molar-refractivity contribution in [3.05, 3.63) is 34.6 Å². The van der Waals surface area contributed by atoms with Gasteiger partial charge >= 0.3 is 0 Å². The van der Waals surface area contributed by atoms with E-state index in [2.05, 4.69) is 34.5 Å². The van der Waals surface area contributed by atoms with Gasteiger partial charge in [0.1, 0.15) is 0 Å². The first-order chi connectivity index (χ1) is 4.35. The molecule has 0 spiro atoms. The Kier molecular flexibility index (Phi) is 5.72. The topological polar surface area (TPSA) is 12.0 Å². The Balaban J connectivity index is 3.96. The van der Waals surface area contributed by atoms with Gasteiger partial charge in [0.25, 0.3) is 0 Å². The van der Waals surface area contributed by atoms with Crippen LogP contribution in [0.3, 0.4) is 0 Å². The fraction of sp³-hybridized carbons (Fsp3) is 0.143. The molecule has 0 rings (SSSR count). The maximum absolute atomic E-state index is 3.58. The lowest BCUT2D eigenvalue weighted by Gasteiger charge is -1.95. The van der Waals surface area contributed by atoms with Crippen LogP contribution in [0.4, 0.5) is 0 Å². The molecule has 2 heteroatoms. The molecule has 1 nitrogen and oxygen atoms in total. The molecule has 0 aliphatic rings. The smallest absolute Gasteiger partial charge is 0.0341 e. The van der Waals surface area contributed by atoms with Crippen LogP contribution in [0.25, 0.3) is 0 Å². The molecule has 0 aromatic heterocycles. The van der Waals surface area contributed by atoms with Gasteiger partial charge in [-0.25, -0.2) is 0 Å². The first-order valence-corrected chi connectivity index (χ1v) is 3.87. The Morgan fingerprint density at radius 3 is 2.67 bits per heavy atom. The molecule has 50 valence electrons. The fourth-order valence-electron chi connectivity index (χ4n) is 0.417. The van der Waals surface area contributed by atoms with E-state index in [1.54, 1.807) is 6.08 Å². The lowest BCUT2D eigenvalue weighted by atomic mass is 10.4. The third-order valence-corrected chi connectivity index (χ3v) is 1.19. The molecule has 0 heterocycles. The maximum Gasteiger partial charge on any atom is 0.0341 e. The Bertz CT molecular complexity index is 136. The van der Waals surface area contributed by atoms with Crippen LogP contribution in [0.2, 0.25) is 0 Å². The summed E-state index contributed by atoms with van der Waals surface area (Å²) in [5, 5.41) is 3.00. The highest BCUT2D eigenvalue weighted by Crippen LogP contribution is 1.93. The van der Waals surface area contributed by atoms with Crippen LogP contribution in [0.5, 0.6) is 0 Å². The highest BCUT2D eigenvalue weighted by Gasteiger charge is 1.79. The predicted molar refractivity (Wildman–Crippen MR) is 50.5 cm³/mol. The molecule has 0 unspecified atom stereocenters. The minimum atomic E-state index is 1.07. The average molecular weight is 235 g/mol. The van der Waals surface area contributed by atoms with Crippen LogP contribution >= 0.6 is 22.6 Å². The summed E-state index contributed by atoms with van der Waals surface area (Å²) < 4.78 is 1.95. The molecular weight excluding hydrogens is 225 g/mol. The summed E-state index contributed by atoms with van der Waals surface area (Å²) >= 11 is 2.17. The SMILES string of the molecule is C=C/C=C(\C=C/I)NC. The summed E-state index contributed by atoms with van der Waals surface area (Å²) in [5.41, 5.74) is 1.07. The first-order valence-electron chi connectivity index (χ1n) is 2.62. The highest BCUT2D eigenvalue weighted by molar-refractivity contribution is 14.1. The van der Waals surface area contributed by atoms with E-state index in [0.29, 0.717) is 0 Å². The molecule has 0 aliphatic carbocycles. The number of rotatable bonds is 3. The number of halogens is 1. The van der Waals surface area contributed by atoms with E-state index in [9.17, 15) is 0 Å². The van der Waals surface area contributed by atoms with Crippen LogP contribution in [0, 0.1) is 0 Å². The van der Waals surface area contributed by atoms with Crippen molar-refractivity contribution in [2.24, 2.45) is 0 Å². The third-order valence-electron chi connectivity index (χ3n) is 0.829. The van der Waals surface area contributed by atoms with E-state index < -0.39 is 0 Å². The van der Waals surface area contributed by atoms with E-state index in [0.717, 1.165) is 5.70 Å². The minimum absolute atomic E-state index is 1.07. The molecule has 0 radical (unpaired) electrons. The minimum Gasteiger partial charge on any atom is -0.388 e. The molecule has 0 amide bonds. The first kappa shape index (κ1) is 8.75. The summed E-state index contributed by atoms with van der Waals surface area (Å²) in [6.45, 7) is 3.58. The molecule has 0 fully saturated rings. The molecule has 0 bridgehead atoms. The van der Waals surface area contributed by atoms with Gasteiger partial charge in [-0.1, -0.05) is 35.2 Å². The molecule has 0 atom stereocenters. The van der Waals surface area contributed by atoms with Gasteiger partial charge in [0.05, 0.1) is 0 Å². The van der Waals surface area contributed by atoms with Crippen molar-refractivity contribution < 1.29 is 0 Å². The number of hydrogen-bond acceptors (Lipinski definition) is 1. The molecule has 0 saturated carbocycles. The molecule has 0 aromatic carbocycles.